The summed E-state index contributed by atoms with van der Waals surface area (Å²) in [5.74, 6) is -0.518. The van der Waals surface area contributed by atoms with Gasteiger partial charge < -0.3 is 9.64 Å². The number of methoxy groups -OCH3 is 1. The van der Waals surface area contributed by atoms with Crippen LogP contribution in [0.3, 0.4) is 0 Å². The zero-order valence-electron chi connectivity index (χ0n) is 15.1. The Kier molecular flexibility index (Phi) is 5.34. The van der Waals surface area contributed by atoms with Crippen LogP contribution in [0, 0.1) is 0 Å². The van der Waals surface area contributed by atoms with Crippen LogP contribution in [0.5, 0.6) is 0 Å². The predicted molar refractivity (Wildman–Crippen MR) is 96.9 cm³/mol. The van der Waals surface area contributed by atoms with E-state index in [2.05, 4.69) is 16.6 Å². The number of sulfone groups is 1. The van der Waals surface area contributed by atoms with Crippen LogP contribution in [-0.4, -0.2) is 80.4 Å². The predicted octanol–water partition coefficient (Wildman–Crippen LogP) is 0.807. The van der Waals surface area contributed by atoms with Crippen molar-refractivity contribution in [2.45, 2.75) is 25.4 Å². The maximum Gasteiger partial charge on any atom is 0.337 e. The average molecular weight is 380 g/mol. The van der Waals surface area contributed by atoms with Gasteiger partial charge in [-0.2, -0.15) is 0 Å². The summed E-state index contributed by atoms with van der Waals surface area (Å²) in [6, 6.07) is 5.83. The topological polar surface area (TPSA) is 84.0 Å². The van der Waals surface area contributed by atoms with Crippen LogP contribution in [0.4, 0.5) is 0 Å². The van der Waals surface area contributed by atoms with E-state index in [1.54, 1.807) is 29.2 Å². The molecule has 2 saturated heterocycles. The molecule has 7 nitrogen and oxygen atoms in total. The first-order chi connectivity index (χ1) is 12.4. The van der Waals surface area contributed by atoms with Gasteiger partial charge in [-0.1, -0.05) is 6.92 Å². The van der Waals surface area contributed by atoms with E-state index in [9.17, 15) is 18.0 Å². The van der Waals surface area contributed by atoms with Gasteiger partial charge in [0.1, 0.15) is 0 Å². The molecule has 2 aliphatic rings. The van der Waals surface area contributed by atoms with Crippen LogP contribution in [0.2, 0.25) is 0 Å². The third kappa shape index (κ3) is 3.61. The van der Waals surface area contributed by atoms with Crippen LogP contribution in [0.25, 0.3) is 0 Å². The molecule has 2 fully saturated rings. The fraction of sp³-hybridized carbons (Fsp3) is 0.556. The molecule has 0 bridgehead atoms. The molecule has 2 atom stereocenters. The fourth-order valence-corrected chi connectivity index (χ4v) is 5.89. The van der Waals surface area contributed by atoms with Gasteiger partial charge in [0, 0.05) is 24.7 Å². The summed E-state index contributed by atoms with van der Waals surface area (Å²) in [6.07, 6.45) is 0.951. The van der Waals surface area contributed by atoms with Crippen LogP contribution in [0.1, 0.15) is 34.1 Å². The summed E-state index contributed by atoms with van der Waals surface area (Å²) in [5.41, 5.74) is 0.822. The Morgan fingerprint density at radius 2 is 1.69 bits per heavy atom. The minimum atomic E-state index is -3.15. The second-order valence-electron chi connectivity index (χ2n) is 6.82. The molecular formula is C18H24N2O5S. The maximum atomic E-state index is 13.0. The Balaban J connectivity index is 1.82. The van der Waals surface area contributed by atoms with Gasteiger partial charge in [0.25, 0.3) is 5.91 Å². The molecule has 0 saturated carbocycles. The number of hydrogen-bond acceptors (Lipinski definition) is 6. The Morgan fingerprint density at radius 3 is 2.31 bits per heavy atom. The van der Waals surface area contributed by atoms with Crippen LogP contribution in [0.15, 0.2) is 24.3 Å². The number of ether oxygens (including phenoxy) is 1. The van der Waals surface area contributed by atoms with Gasteiger partial charge in [-0.05, 0) is 37.2 Å². The quantitative estimate of drug-likeness (QED) is 0.719. The van der Waals surface area contributed by atoms with Crippen molar-refractivity contribution < 1.29 is 22.7 Å². The first-order valence-electron chi connectivity index (χ1n) is 8.80. The number of fused-ring (bicyclic) bond motifs is 1. The lowest BCUT2D eigenvalue weighted by atomic mass is 10.0. The Labute approximate surface area is 153 Å². The van der Waals surface area contributed by atoms with Crippen LogP contribution in [-0.2, 0) is 14.6 Å². The van der Waals surface area contributed by atoms with E-state index in [0.29, 0.717) is 24.2 Å². The van der Waals surface area contributed by atoms with E-state index in [1.807, 2.05) is 0 Å². The number of benzene rings is 1. The highest BCUT2D eigenvalue weighted by Crippen LogP contribution is 2.28. The smallest absolute Gasteiger partial charge is 0.337 e. The van der Waals surface area contributed by atoms with Gasteiger partial charge in [0.15, 0.2) is 9.84 Å². The summed E-state index contributed by atoms with van der Waals surface area (Å²) in [6.45, 7) is 4.09. The minimum Gasteiger partial charge on any atom is -0.465 e. The van der Waals surface area contributed by atoms with Crippen LogP contribution < -0.4 is 0 Å². The molecule has 0 spiro atoms. The van der Waals surface area contributed by atoms with Gasteiger partial charge in [0.05, 0.1) is 30.2 Å². The molecule has 2 heterocycles. The van der Waals surface area contributed by atoms with E-state index < -0.39 is 15.8 Å². The highest BCUT2D eigenvalue weighted by molar-refractivity contribution is 7.91. The van der Waals surface area contributed by atoms with Gasteiger partial charge in [0.2, 0.25) is 0 Å². The summed E-state index contributed by atoms with van der Waals surface area (Å²) in [5, 5.41) is 0. The molecule has 1 aromatic rings. The molecule has 1 aromatic carbocycles. The summed E-state index contributed by atoms with van der Waals surface area (Å²) >= 11 is 0. The molecule has 26 heavy (non-hydrogen) atoms. The number of hydrogen-bond donors (Lipinski definition) is 0. The van der Waals surface area contributed by atoms with Gasteiger partial charge >= 0.3 is 5.97 Å². The number of amides is 1. The molecule has 1 amide bonds. The molecule has 142 valence electrons. The second-order valence-corrected chi connectivity index (χ2v) is 8.97. The molecule has 0 radical (unpaired) electrons. The van der Waals surface area contributed by atoms with E-state index >= 15 is 0 Å². The third-order valence-electron chi connectivity index (χ3n) is 5.12. The largest absolute Gasteiger partial charge is 0.465 e. The monoisotopic (exact) mass is 380 g/mol. The van der Waals surface area contributed by atoms with Gasteiger partial charge in [-0.15, -0.1) is 0 Å². The number of piperazine rings is 1. The van der Waals surface area contributed by atoms with E-state index in [-0.39, 0.29) is 29.5 Å². The third-order valence-corrected chi connectivity index (χ3v) is 6.81. The van der Waals surface area contributed by atoms with Crippen LogP contribution >= 0.6 is 0 Å². The molecular weight excluding hydrogens is 356 g/mol. The van der Waals surface area contributed by atoms with E-state index in [0.717, 1.165) is 13.0 Å². The Morgan fingerprint density at radius 1 is 1.08 bits per heavy atom. The Hall–Kier alpha value is -1.93. The highest BCUT2D eigenvalue weighted by atomic mass is 32.2. The number of rotatable bonds is 4. The molecule has 0 aromatic heterocycles. The SMILES string of the molecule is CCCN1CCN(C(=O)c2ccc(C(=O)OC)cc2)[C@@H]2CS(=O)(=O)C[C@@H]21. The van der Waals surface area contributed by atoms with Gasteiger partial charge in [-0.25, -0.2) is 13.2 Å². The van der Waals surface area contributed by atoms with Crippen molar-refractivity contribution >= 4 is 21.7 Å². The molecule has 8 heteroatoms. The number of carbonyl (C=O) groups excluding carboxylic acids is 2. The van der Waals surface area contributed by atoms with Crippen molar-refractivity contribution in [3.8, 4) is 0 Å². The first-order valence-corrected chi connectivity index (χ1v) is 10.6. The molecule has 0 unspecified atom stereocenters. The van der Waals surface area contributed by atoms with Crippen molar-refractivity contribution in [2.75, 3.05) is 38.2 Å². The number of nitrogens with zero attached hydrogens (tertiary/aromatic N) is 2. The van der Waals surface area contributed by atoms with E-state index in [4.69, 9.17) is 0 Å². The van der Waals surface area contributed by atoms with Crippen molar-refractivity contribution in [3.05, 3.63) is 35.4 Å². The lowest BCUT2D eigenvalue weighted by Gasteiger charge is -2.43. The fourth-order valence-electron chi connectivity index (χ4n) is 3.87. The standard InChI is InChI=1S/C18H24N2O5S/c1-3-8-19-9-10-20(16-12-26(23,24)11-15(16)19)17(21)13-4-6-14(7-5-13)18(22)25-2/h4-7,15-16H,3,8-12H2,1-2H3/t15-,16+/m0/s1. The van der Waals surface area contributed by atoms with E-state index in [1.165, 1.54) is 7.11 Å². The maximum absolute atomic E-state index is 13.0. The number of esters is 1. The zero-order chi connectivity index (χ0) is 18.9. The number of carbonyl (C=O) groups is 2. The molecule has 0 aliphatic carbocycles. The normalized spacial score (nSPS) is 24.9. The lowest BCUT2D eigenvalue weighted by Crippen LogP contribution is -2.60. The Bertz CT molecular complexity index is 790. The van der Waals surface area contributed by atoms with Crippen molar-refractivity contribution in [2.24, 2.45) is 0 Å². The average Bonchev–Trinajstić information content (AvgIpc) is 2.96. The molecule has 2 aliphatic heterocycles. The van der Waals surface area contributed by atoms with Gasteiger partial charge in [-0.3, -0.25) is 9.69 Å². The minimum absolute atomic E-state index is 0.0177. The first kappa shape index (κ1) is 18.8. The second kappa shape index (κ2) is 7.36. The molecule has 3 rings (SSSR count). The van der Waals surface area contributed by atoms with Crippen molar-refractivity contribution in [1.82, 2.24) is 9.80 Å². The lowest BCUT2D eigenvalue weighted by molar-refractivity contribution is 0.0332. The zero-order valence-corrected chi connectivity index (χ0v) is 15.9. The molecule has 0 N–H and O–H groups in total. The summed E-state index contributed by atoms with van der Waals surface area (Å²) < 4.78 is 29.0. The highest BCUT2D eigenvalue weighted by Gasteiger charge is 2.47. The summed E-state index contributed by atoms with van der Waals surface area (Å²) in [4.78, 5) is 28.4. The van der Waals surface area contributed by atoms with Crippen molar-refractivity contribution in [3.63, 3.8) is 0 Å². The summed E-state index contributed by atoms with van der Waals surface area (Å²) in [7, 11) is -1.84. The van der Waals surface area contributed by atoms with Crippen molar-refractivity contribution in [1.29, 1.82) is 0 Å².